The molecule has 1 N–H and O–H groups in total. The number of ether oxygens (including phenoxy) is 1. The van der Waals surface area contributed by atoms with Crippen molar-refractivity contribution in [3.8, 4) is 5.88 Å². The van der Waals surface area contributed by atoms with Crippen LogP contribution in [0.2, 0.25) is 0 Å². The molecule has 0 aromatic carbocycles. The lowest BCUT2D eigenvalue weighted by Gasteiger charge is -2.00. The molecule has 0 atom stereocenters. The third-order valence-corrected chi connectivity index (χ3v) is 4.44. The number of rotatable bonds is 5. The zero-order chi connectivity index (χ0) is 13.8. The summed E-state index contributed by atoms with van der Waals surface area (Å²) in [5.41, 5.74) is 0.762. The molecule has 2 aromatic heterocycles. The minimum atomic E-state index is -0.845. The first kappa shape index (κ1) is 13.8. The lowest BCUT2D eigenvalue weighted by atomic mass is 10.3. The minimum Gasteiger partial charge on any atom is -0.481 e. The van der Waals surface area contributed by atoms with Gasteiger partial charge in [-0.25, -0.2) is 9.97 Å². The first-order valence-electron chi connectivity index (χ1n) is 5.45. The van der Waals surface area contributed by atoms with Crippen LogP contribution in [0.4, 0.5) is 0 Å². The Balaban J connectivity index is 2.16. The monoisotopic (exact) mass is 296 g/mol. The summed E-state index contributed by atoms with van der Waals surface area (Å²) in [5.74, 6) is -0.299. The van der Waals surface area contributed by atoms with Crippen molar-refractivity contribution in [1.82, 2.24) is 9.97 Å². The van der Waals surface area contributed by atoms with Gasteiger partial charge in [0.25, 0.3) is 0 Å². The number of methoxy groups -OCH3 is 1. The second-order valence-corrected chi connectivity index (χ2v) is 6.03. The van der Waals surface area contributed by atoms with Gasteiger partial charge >= 0.3 is 5.97 Å². The second kappa shape index (κ2) is 6.03. The van der Waals surface area contributed by atoms with Gasteiger partial charge in [-0.2, -0.15) is 0 Å². The Morgan fingerprint density at radius 3 is 2.95 bits per heavy atom. The fourth-order valence-corrected chi connectivity index (χ4v) is 3.55. The number of carbonyl (C=O) groups is 1. The van der Waals surface area contributed by atoms with Crippen LogP contribution in [0.25, 0.3) is 0 Å². The smallest absolute Gasteiger partial charge is 0.308 e. The predicted octanol–water partition coefficient (Wildman–Crippen LogP) is 2.63. The van der Waals surface area contributed by atoms with Crippen molar-refractivity contribution in [1.29, 1.82) is 0 Å². The van der Waals surface area contributed by atoms with E-state index in [4.69, 9.17) is 9.84 Å². The zero-order valence-electron chi connectivity index (χ0n) is 10.4. The number of thiazole rings is 1. The summed E-state index contributed by atoms with van der Waals surface area (Å²) >= 11 is 2.79. The van der Waals surface area contributed by atoms with E-state index >= 15 is 0 Å². The van der Waals surface area contributed by atoms with Gasteiger partial charge in [0, 0.05) is 10.9 Å². The Morgan fingerprint density at radius 1 is 1.47 bits per heavy atom. The Hall–Kier alpha value is -1.60. The molecule has 0 bridgehead atoms. The molecular weight excluding hydrogens is 284 g/mol. The highest BCUT2D eigenvalue weighted by Gasteiger charge is 2.12. The van der Waals surface area contributed by atoms with E-state index in [2.05, 4.69) is 9.97 Å². The summed E-state index contributed by atoms with van der Waals surface area (Å²) in [4.78, 5) is 20.1. The van der Waals surface area contributed by atoms with Crippen LogP contribution in [0.5, 0.6) is 5.88 Å². The van der Waals surface area contributed by atoms with Gasteiger partial charge in [0.1, 0.15) is 5.03 Å². The van der Waals surface area contributed by atoms with Crippen LogP contribution in [0.1, 0.15) is 10.6 Å². The molecule has 2 rings (SSSR count). The maximum absolute atomic E-state index is 10.7. The fraction of sp³-hybridized carbons (Fsp3) is 0.250. The van der Waals surface area contributed by atoms with Crippen molar-refractivity contribution < 1.29 is 14.6 Å². The SMILES string of the molecule is COc1cccc(Sc2nc(C)c(CC(=O)O)s2)n1. The molecule has 0 unspecified atom stereocenters. The fourth-order valence-electron chi connectivity index (χ4n) is 1.40. The van der Waals surface area contributed by atoms with E-state index in [0.29, 0.717) is 5.88 Å². The molecule has 0 saturated carbocycles. The molecule has 0 aliphatic carbocycles. The molecule has 2 aromatic rings. The van der Waals surface area contributed by atoms with Crippen LogP contribution in [0.15, 0.2) is 27.6 Å². The number of aryl methyl sites for hydroxylation is 1. The largest absolute Gasteiger partial charge is 0.481 e. The molecule has 0 fully saturated rings. The summed E-state index contributed by atoms with van der Waals surface area (Å²) in [6, 6.07) is 5.49. The Kier molecular flexibility index (Phi) is 4.39. The number of aromatic nitrogens is 2. The van der Waals surface area contributed by atoms with Crippen LogP contribution in [-0.4, -0.2) is 28.2 Å². The molecule has 100 valence electrons. The first-order chi connectivity index (χ1) is 9.08. The Bertz CT molecular complexity index is 598. The van der Waals surface area contributed by atoms with Crippen molar-refractivity contribution in [2.75, 3.05) is 7.11 Å². The predicted molar refractivity (Wildman–Crippen MR) is 73.1 cm³/mol. The van der Waals surface area contributed by atoms with Gasteiger partial charge in [-0.05, 0) is 24.8 Å². The van der Waals surface area contributed by atoms with Crippen LogP contribution < -0.4 is 4.74 Å². The van der Waals surface area contributed by atoms with Crippen LogP contribution >= 0.6 is 23.1 Å². The van der Waals surface area contributed by atoms with Crippen LogP contribution in [0, 0.1) is 6.92 Å². The van der Waals surface area contributed by atoms with E-state index in [1.807, 2.05) is 19.1 Å². The maximum Gasteiger partial charge on any atom is 0.308 e. The lowest BCUT2D eigenvalue weighted by Crippen LogP contribution is -1.99. The quantitative estimate of drug-likeness (QED) is 0.914. The summed E-state index contributed by atoms with van der Waals surface area (Å²) in [6.07, 6.45) is 0.00952. The molecule has 5 nitrogen and oxygen atoms in total. The van der Waals surface area contributed by atoms with E-state index in [1.54, 1.807) is 13.2 Å². The third-order valence-electron chi connectivity index (χ3n) is 2.28. The summed E-state index contributed by atoms with van der Waals surface area (Å²) < 4.78 is 5.84. The number of nitrogens with zero attached hydrogens (tertiary/aromatic N) is 2. The standard InChI is InChI=1S/C12H12N2O3S2/c1-7-8(6-11(15)16)18-12(13-7)19-10-5-3-4-9(14-10)17-2/h3-5H,6H2,1-2H3,(H,15,16). The van der Waals surface area contributed by atoms with Gasteiger partial charge in [0.2, 0.25) is 5.88 Å². The molecule has 0 aliphatic rings. The van der Waals surface area contributed by atoms with E-state index in [9.17, 15) is 4.79 Å². The van der Waals surface area contributed by atoms with E-state index < -0.39 is 5.97 Å². The maximum atomic E-state index is 10.7. The van der Waals surface area contributed by atoms with Gasteiger partial charge in [-0.1, -0.05) is 6.07 Å². The van der Waals surface area contributed by atoms with Crippen molar-refractivity contribution in [2.45, 2.75) is 22.7 Å². The minimum absolute atomic E-state index is 0.00952. The van der Waals surface area contributed by atoms with Crippen LogP contribution in [0.3, 0.4) is 0 Å². The molecule has 2 heterocycles. The van der Waals surface area contributed by atoms with Crippen molar-refractivity contribution in [3.63, 3.8) is 0 Å². The number of pyridine rings is 1. The second-order valence-electron chi connectivity index (χ2n) is 3.68. The van der Waals surface area contributed by atoms with Gasteiger partial charge < -0.3 is 9.84 Å². The third kappa shape index (κ3) is 3.68. The molecular formula is C12H12N2O3S2. The lowest BCUT2D eigenvalue weighted by molar-refractivity contribution is -0.136. The molecule has 7 heteroatoms. The van der Waals surface area contributed by atoms with Crippen molar-refractivity contribution in [3.05, 3.63) is 28.8 Å². The summed E-state index contributed by atoms with van der Waals surface area (Å²) in [5, 5.41) is 9.57. The highest BCUT2D eigenvalue weighted by atomic mass is 32.2. The highest BCUT2D eigenvalue weighted by Crippen LogP contribution is 2.32. The molecule has 0 amide bonds. The van der Waals surface area contributed by atoms with Gasteiger partial charge in [0.15, 0.2) is 4.34 Å². The van der Waals surface area contributed by atoms with Gasteiger partial charge in [-0.3, -0.25) is 4.79 Å². The highest BCUT2D eigenvalue weighted by molar-refractivity contribution is 8.01. The molecule has 0 radical (unpaired) electrons. The van der Waals surface area contributed by atoms with Crippen molar-refractivity contribution in [2.24, 2.45) is 0 Å². The van der Waals surface area contributed by atoms with E-state index in [1.165, 1.54) is 23.1 Å². The molecule has 0 saturated heterocycles. The molecule has 0 aliphatic heterocycles. The average molecular weight is 296 g/mol. The van der Waals surface area contributed by atoms with E-state index in [0.717, 1.165) is 19.9 Å². The number of hydrogen-bond acceptors (Lipinski definition) is 6. The topological polar surface area (TPSA) is 72.3 Å². The van der Waals surface area contributed by atoms with Crippen LogP contribution in [-0.2, 0) is 11.2 Å². The summed E-state index contributed by atoms with van der Waals surface area (Å²) in [7, 11) is 1.56. The zero-order valence-corrected chi connectivity index (χ0v) is 12.0. The summed E-state index contributed by atoms with van der Waals surface area (Å²) in [6.45, 7) is 1.82. The Morgan fingerprint density at radius 2 is 2.26 bits per heavy atom. The van der Waals surface area contributed by atoms with Gasteiger partial charge in [0.05, 0.1) is 19.2 Å². The van der Waals surface area contributed by atoms with Crippen molar-refractivity contribution >= 4 is 29.1 Å². The number of hydrogen-bond donors (Lipinski definition) is 1. The first-order valence-corrected chi connectivity index (χ1v) is 7.09. The average Bonchev–Trinajstić information content (AvgIpc) is 2.69. The molecule has 19 heavy (non-hydrogen) atoms. The Labute approximate surface area is 118 Å². The number of aliphatic carboxylic acids is 1. The molecule has 0 spiro atoms. The number of carboxylic acids is 1. The normalized spacial score (nSPS) is 10.4. The van der Waals surface area contributed by atoms with E-state index in [-0.39, 0.29) is 6.42 Å². The number of carboxylic acid groups (broad SMARTS) is 1. The van der Waals surface area contributed by atoms with Gasteiger partial charge in [-0.15, -0.1) is 11.3 Å².